The third-order valence-electron chi connectivity index (χ3n) is 5.40. The first-order valence-electron chi connectivity index (χ1n) is 10.8. The van der Waals surface area contributed by atoms with Crippen LogP contribution in [0.25, 0.3) is 0 Å². The fourth-order valence-electron chi connectivity index (χ4n) is 3.66. The first kappa shape index (κ1) is 22.9. The summed E-state index contributed by atoms with van der Waals surface area (Å²) in [6, 6.07) is 13.8. The fraction of sp³-hybridized carbons (Fsp3) is 0.458. The van der Waals surface area contributed by atoms with E-state index < -0.39 is 0 Å². The molecule has 2 aromatic carbocycles. The number of benzene rings is 2. The normalized spacial score (nSPS) is 14.7. The van der Waals surface area contributed by atoms with Gasteiger partial charge in [0.15, 0.2) is 5.75 Å². The van der Waals surface area contributed by atoms with Gasteiger partial charge in [-0.25, -0.2) is 0 Å². The van der Waals surface area contributed by atoms with Crippen molar-refractivity contribution < 1.29 is 9.53 Å². The number of halogens is 2. The van der Waals surface area contributed by atoms with Crippen LogP contribution < -0.4 is 4.74 Å². The third kappa shape index (κ3) is 6.37. The number of nitrogens with zero attached hydrogens (tertiary/aromatic N) is 2. The molecular formula is C24H30Cl2N2O2. The Labute approximate surface area is 189 Å². The van der Waals surface area contributed by atoms with Crippen LogP contribution in [0.2, 0.25) is 10.0 Å². The summed E-state index contributed by atoms with van der Waals surface area (Å²) in [6.45, 7) is 6.74. The van der Waals surface area contributed by atoms with E-state index in [2.05, 4.69) is 36.1 Å². The van der Waals surface area contributed by atoms with E-state index in [9.17, 15) is 4.79 Å². The lowest BCUT2D eigenvalue weighted by atomic mass is 10.1. The monoisotopic (exact) mass is 448 g/mol. The minimum atomic E-state index is -0.0346. The molecule has 0 spiro atoms. The lowest BCUT2D eigenvalue weighted by Gasteiger charge is -2.35. The topological polar surface area (TPSA) is 32.8 Å². The van der Waals surface area contributed by atoms with Crippen LogP contribution in [0.1, 0.15) is 48.5 Å². The summed E-state index contributed by atoms with van der Waals surface area (Å²) in [5.41, 5.74) is 1.81. The van der Waals surface area contributed by atoms with Crippen LogP contribution in [0.3, 0.4) is 0 Å². The molecule has 0 aliphatic carbocycles. The Balaban J connectivity index is 1.54. The number of hydrogen-bond donors (Lipinski definition) is 0. The number of piperazine rings is 1. The molecule has 1 amide bonds. The fourth-order valence-corrected chi connectivity index (χ4v) is 4.25. The SMILES string of the molecule is CCCCCCOc1c(Cl)cc(C(=O)N2CCN(Cc3ccccc3)CC2)cc1Cl. The average Bonchev–Trinajstić information content (AvgIpc) is 2.76. The number of carbonyl (C=O) groups excluding carboxylic acids is 1. The van der Waals surface area contributed by atoms with Crippen LogP contribution in [-0.2, 0) is 6.54 Å². The smallest absolute Gasteiger partial charge is 0.254 e. The van der Waals surface area contributed by atoms with Crippen molar-refractivity contribution in [1.29, 1.82) is 0 Å². The van der Waals surface area contributed by atoms with E-state index in [1.807, 2.05) is 11.0 Å². The molecule has 2 aromatic rings. The van der Waals surface area contributed by atoms with E-state index in [1.54, 1.807) is 12.1 Å². The van der Waals surface area contributed by atoms with E-state index in [4.69, 9.17) is 27.9 Å². The maximum Gasteiger partial charge on any atom is 0.254 e. The van der Waals surface area contributed by atoms with Crippen molar-refractivity contribution in [2.75, 3.05) is 32.8 Å². The summed E-state index contributed by atoms with van der Waals surface area (Å²) in [4.78, 5) is 17.2. The summed E-state index contributed by atoms with van der Waals surface area (Å²) in [5.74, 6) is 0.437. The van der Waals surface area contributed by atoms with Crippen molar-refractivity contribution >= 4 is 29.1 Å². The Morgan fingerprint density at radius 3 is 2.27 bits per heavy atom. The molecule has 1 saturated heterocycles. The number of carbonyl (C=O) groups is 1. The van der Waals surface area contributed by atoms with Crippen LogP contribution in [0.15, 0.2) is 42.5 Å². The maximum absolute atomic E-state index is 13.0. The average molecular weight is 449 g/mol. The van der Waals surface area contributed by atoms with E-state index in [1.165, 1.54) is 18.4 Å². The Kier molecular flexibility index (Phi) is 8.86. The number of unbranched alkanes of at least 4 members (excludes halogenated alkanes) is 3. The van der Waals surface area contributed by atoms with Crippen molar-refractivity contribution in [1.82, 2.24) is 9.80 Å². The largest absolute Gasteiger partial charge is 0.490 e. The second-order valence-electron chi connectivity index (χ2n) is 7.73. The zero-order chi connectivity index (χ0) is 21.3. The van der Waals surface area contributed by atoms with Crippen molar-refractivity contribution in [3.8, 4) is 5.75 Å². The highest BCUT2D eigenvalue weighted by Crippen LogP contribution is 2.35. The van der Waals surface area contributed by atoms with Gasteiger partial charge in [-0.3, -0.25) is 9.69 Å². The van der Waals surface area contributed by atoms with Gasteiger partial charge < -0.3 is 9.64 Å². The highest BCUT2D eigenvalue weighted by atomic mass is 35.5. The molecule has 0 aromatic heterocycles. The van der Waals surface area contributed by atoms with E-state index in [0.29, 0.717) is 41.1 Å². The molecule has 6 heteroatoms. The Bertz CT molecular complexity index is 798. The number of amides is 1. The summed E-state index contributed by atoms with van der Waals surface area (Å²) >= 11 is 12.8. The van der Waals surface area contributed by atoms with Gasteiger partial charge in [-0.1, -0.05) is 79.7 Å². The van der Waals surface area contributed by atoms with E-state index in [0.717, 1.165) is 32.5 Å². The molecule has 1 aliphatic rings. The molecule has 0 unspecified atom stereocenters. The maximum atomic E-state index is 13.0. The molecule has 3 rings (SSSR count). The standard InChI is InChI=1S/C24H30Cl2N2O2/c1-2-3-4-8-15-30-23-21(25)16-20(17-22(23)26)24(29)28-13-11-27(12-14-28)18-19-9-6-5-7-10-19/h5-7,9-10,16-17H,2-4,8,11-15,18H2,1H3. The van der Waals surface area contributed by atoms with Gasteiger partial charge in [0, 0.05) is 38.3 Å². The quantitative estimate of drug-likeness (QED) is 0.446. The molecule has 1 heterocycles. The molecule has 0 bridgehead atoms. The summed E-state index contributed by atoms with van der Waals surface area (Å²) < 4.78 is 5.77. The predicted molar refractivity (Wildman–Crippen MR) is 124 cm³/mol. The van der Waals surface area contributed by atoms with Crippen molar-refractivity contribution in [3.05, 3.63) is 63.6 Å². The minimum absolute atomic E-state index is 0.0346. The Morgan fingerprint density at radius 2 is 1.63 bits per heavy atom. The van der Waals surface area contributed by atoms with Gasteiger partial charge in [-0.05, 0) is 24.1 Å². The van der Waals surface area contributed by atoms with Crippen molar-refractivity contribution in [2.45, 2.75) is 39.2 Å². The lowest BCUT2D eigenvalue weighted by molar-refractivity contribution is 0.0628. The van der Waals surface area contributed by atoms with Gasteiger partial charge in [0.2, 0.25) is 0 Å². The summed E-state index contributed by atoms with van der Waals surface area (Å²) in [7, 11) is 0. The van der Waals surface area contributed by atoms with Crippen molar-refractivity contribution in [3.63, 3.8) is 0 Å². The van der Waals surface area contributed by atoms with Gasteiger partial charge in [0.25, 0.3) is 5.91 Å². The highest BCUT2D eigenvalue weighted by Gasteiger charge is 2.23. The summed E-state index contributed by atoms with van der Waals surface area (Å²) in [6.07, 6.45) is 4.46. The van der Waals surface area contributed by atoms with Crippen LogP contribution in [0.4, 0.5) is 0 Å². The van der Waals surface area contributed by atoms with E-state index >= 15 is 0 Å². The van der Waals surface area contributed by atoms with Crippen LogP contribution in [0, 0.1) is 0 Å². The Morgan fingerprint density at radius 1 is 0.967 bits per heavy atom. The van der Waals surface area contributed by atoms with Crippen LogP contribution >= 0.6 is 23.2 Å². The number of hydrogen-bond acceptors (Lipinski definition) is 3. The molecule has 0 saturated carbocycles. The van der Waals surface area contributed by atoms with Gasteiger partial charge >= 0.3 is 0 Å². The molecule has 0 atom stereocenters. The molecule has 4 nitrogen and oxygen atoms in total. The first-order chi connectivity index (χ1) is 14.6. The molecule has 30 heavy (non-hydrogen) atoms. The molecule has 1 fully saturated rings. The third-order valence-corrected chi connectivity index (χ3v) is 5.96. The zero-order valence-corrected chi connectivity index (χ0v) is 19.1. The van der Waals surface area contributed by atoms with Gasteiger partial charge in [0.1, 0.15) is 0 Å². The Hall–Kier alpha value is -1.75. The second kappa shape index (κ2) is 11.6. The van der Waals surface area contributed by atoms with Gasteiger partial charge in [0.05, 0.1) is 16.7 Å². The van der Waals surface area contributed by atoms with Gasteiger partial charge in [-0.15, -0.1) is 0 Å². The van der Waals surface area contributed by atoms with Crippen LogP contribution in [-0.4, -0.2) is 48.5 Å². The number of ether oxygens (including phenoxy) is 1. The highest BCUT2D eigenvalue weighted by molar-refractivity contribution is 6.37. The second-order valence-corrected chi connectivity index (χ2v) is 8.55. The molecule has 162 valence electrons. The molecule has 1 aliphatic heterocycles. The predicted octanol–water partition coefficient (Wildman–Crippen LogP) is 5.91. The number of rotatable bonds is 9. The lowest BCUT2D eigenvalue weighted by Crippen LogP contribution is -2.48. The molecule has 0 N–H and O–H groups in total. The van der Waals surface area contributed by atoms with Crippen LogP contribution in [0.5, 0.6) is 5.75 Å². The minimum Gasteiger partial charge on any atom is -0.490 e. The molecular weight excluding hydrogens is 419 g/mol. The van der Waals surface area contributed by atoms with E-state index in [-0.39, 0.29) is 5.91 Å². The molecule has 0 radical (unpaired) electrons. The van der Waals surface area contributed by atoms with Gasteiger partial charge in [-0.2, -0.15) is 0 Å². The first-order valence-corrected chi connectivity index (χ1v) is 11.5. The zero-order valence-electron chi connectivity index (χ0n) is 17.6. The summed E-state index contributed by atoms with van der Waals surface area (Å²) in [5, 5.41) is 0.785. The van der Waals surface area contributed by atoms with Crippen molar-refractivity contribution in [2.24, 2.45) is 0 Å².